The summed E-state index contributed by atoms with van der Waals surface area (Å²) in [5.74, 6) is 1.82. The van der Waals surface area contributed by atoms with E-state index in [1.807, 2.05) is 26.0 Å². The first-order chi connectivity index (χ1) is 8.02. The van der Waals surface area contributed by atoms with E-state index in [9.17, 15) is 4.79 Å². The first-order valence-corrected chi connectivity index (χ1v) is 6.38. The van der Waals surface area contributed by atoms with Crippen LogP contribution in [0.15, 0.2) is 16.6 Å². The molecule has 0 saturated carbocycles. The summed E-state index contributed by atoms with van der Waals surface area (Å²) < 4.78 is 11.8. The van der Waals surface area contributed by atoms with Gasteiger partial charge in [0, 0.05) is 12.0 Å². The maximum Gasteiger partial charge on any atom is 0.178 e. The third-order valence-corrected chi connectivity index (χ3v) is 3.45. The second-order valence-electron chi connectivity index (χ2n) is 4.52. The van der Waals surface area contributed by atoms with E-state index in [4.69, 9.17) is 9.47 Å². The number of Topliss-reactive ketones (excluding diaryl/α,β-unsaturated/α-hetero) is 1. The van der Waals surface area contributed by atoms with Gasteiger partial charge in [0.1, 0.15) is 11.5 Å². The van der Waals surface area contributed by atoms with Crippen LogP contribution in [0.2, 0.25) is 0 Å². The fraction of sp³-hybridized carbons (Fsp3) is 0.462. The van der Waals surface area contributed by atoms with Crippen molar-refractivity contribution in [1.29, 1.82) is 0 Å². The van der Waals surface area contributed by atoms with Crippen LogP contribution in [0.5, 0.6) is 11.5 Å². The van der Waals surface area contributed by atoms with E-state index >= 15 is 0 Å². The number of ketones is 1. The molecule has 1 aromatic carbocycles. The Balaban J connectivity index is 2.41. The summed E-state index contributed by atoms with van der Waals surface area (Å²) in [5.41, 5.74) is 0.887. The molecule has 0 amide bonds. The zero-order valence-electron chi connectivity index (χ0n) is 10.1. The van der Waals surface area contributed by atoms with Crippen molar-refractivity contribution in [2.24, 2.45) is 5.92 Å². The largest absolute Gasteiger partial charge is 0.497 e. The number of methoxy groups -OCH3 is 1. The van der Waals surface area contributed by atoms with Crippen LogP contribution in [-0.2, 0) is 11.2 Å². The zero-order chi connectivity index (χ0) is 12.6. The number of carbonyl (C=O) groups excluding carboxylic acids is 1. The quantitative estimate of drug-likeness (QED) is 0.842. The molecule has 1 aliphatic rings. The van der Waals surface area contributed by atoms with E-state index in [1.54, 1.807) is 7.11 Å². The van der Waals surface area contributed by atoms with Gasteiger partial charge in [-0.05, 0) is 34.0 Å². The van der Waals surface area contributed by atoms with Gasteiger partial charge in [0.05, 0.1) is 11.6 Å². The van der Waals surface area contributed by atoms with Crippen LogP contribution in [0.3, 0.4) is 0 Å². The third kappa shape index (κ3) is 2.32. The van der Waals surface area contributed by atoms with E-state index in [0.717, 1.165) is 21.5 Å². The molecule has 17 heavy (non-hydrogen) atoms. The predicted molar refractivity (Wildman–Crippen MR) is 68.7 cm³/mol. The summed E-state index contributed by atoms with van der Waals surface area (Å²) in [7, 11) is 1.61. The van der Waals surface area contributed by atoms with Crippen molar-refractivity contribution in [2.45, 2.75) is 26.4 Å². The first kappa shape index (κ1) is 12.4. The van der Waals surface area contributed by atoms with Gasteiger partial charge in [-0.25, -0.2) is 0 Å². The van der Waals surface area contributed by atoms with E-state index in [0.29, 0.717) is 6.42 Å². The highest BCUT2D eigenvalue weighted by Gasteiger charge is 2.31. The first-order valence-electron chi connectivity index (χ1n) is 5.58. The van der Waals surface area contributed by atoms with Gasteiger partial charge in [-0.3, -0.25) is 4.79 Å². The molecule has 4 heteroatoms. The molecule has 0 radical (unpaired) electrons. The number of hydrogen-bond acceptors (Lipinski definition) is 3. The highest BCUT2D eigenvalue weighted by atomic mass is 79.9. The molecule has 0 fully saturated rings. The normalized spacial score (nSPS) is 18.9. The monoisotopic (exact) mass is 298 g/mol. The summed E-state index contributed by atoms with van der Waals surface area (Å²) in [5, 5.41) is 0. The Bertz CT molecular complexity index is 454. The summed E-state index contributed by atoms with van der Waals surface area (Å²) in [6, 6.07) is 3.71. The van der Waals surface area contributed by atoms with Gasteiger partial charge in [-0.1, -0.05) is 13.8 Å². The lowest BCUT2D eigenvalue weighted by atomic mass is 9.94. The maximum atomic E-state index is 11.9. The third-order valence-electron chi connectivity index (χ3n) is 2.86. The highest BCUT2D eigenvalue weighted by Crippen LogP contribution is 2.38. The number of rotatable bonds is 2. The molecule has 1 aromatic rings. The number of hydrogen-bond donors (Lipinski definition) is 0. The van der Waals surface area contributed by atoms with E-state index in [1.165, 1.54) is 0 Å². The predicted octanol–water partition coefficient (Wildman–Crippen LogP) is 2.99. The second-order valence-corrected chi connectivity index (χ2v) is 5.38. The van der Waals surface area contributed by atoms with Crippen molar-refractivity contribution in [2.75, 3.05) is 7.11 Å². The lowest BCUT2D eigenvalue weighted by molar-refractivity contribution is -0.128. The summed E-state index contributed by atoms with van der Waals surface area (Å²) >= 11 is 3.45. The number of carbonyl (C=O) groups is 1. The van der Waals surface area contributed by atoms with Gasteiger partial charge in [0.25, 0.3) is 0 Å². The van der Waals surface area contributed by atoms with Crippen molar-refractivity contribution in [3.8, 4) is 11.5 Å². The lowest BCUT2D eigenvalue weighted by Gasteiger charge is -2.28. The van der Waals surface area contributed by atoms with Crippen LogP contribution in [-0.4, -0.2) is 19.0 Å². The summed E-state index contributed by atoms with van der Waals surface area (Å²) in [6.07, 6.45) is 0.0701. The molecule has 92 valence electrons. The molecule has 1 aliphatic heterocycles. The van der Waals surface area contributed by atoms with Crippen LogP contribution in [0.4, 0.5) is 0 Å². The van der Waals surface area contributed by atoms with E-state index in [-0.39, 0.29) is 17.8 Å². The molecule has 3 nitrogen and oxygen atoms in total. The van der Waals surface area contributed by atoms with Gasteiger partial charge >= 0.3 is 0 Å². The Morgan fingerprint density at radius 2 is 2.18 bits per heavy atom. The molecule has 0 N–H and O–H groups in total. The van der Waals surface area contributed by atoms with Crippen LogP contribution < -0.4 is 9.47 Å². The average Bonchev–Trinajstić information content (AvgIpc) is 2.27. The molecule has 1 atom stereocenters. The Morgan fingerprint density at radius 1 is 1.47 bits per heavy atom. The van der Waals surface area contributed by atoms with Crippen LogP contribution in [0.25, 0.3) is 0 Å². The minimum atomic E-state index is -0.341. The number of ether oxygens (including phenoxy) is 2. The fourth-order valence-electron chi connectivity index (χ4n) is 1.99. The van der Waals surface area contributed by atoms with Crippen LogP contribution >= 0.6 is 15.9 Å². The lowest BCUT2D eigenvalue weighted by Crippen LogP contribution is -2.37. The summed E-state index contributed by atoms with van der Waals surface area (Å²) in [6.45, 7) is 3.98. The summed E-state index contributed by atoms with van der Waals surface area (Å²) in [4.78, 5) is 11.9. The van der Waals surface area contributed by atoms with Crippen molar-refractivity contribution >= 4 is 21.7 Å². The van der Waals surface area contributed by atoms with Crippen LogP contribution in [0, 0.1) is 5.92 Å². The molecular formula is C13H15BrO3. The Morgan fingerprint density at radius 3 is 2.76 bits per heavy atom. The SMILES string of the molecule is COc1cc(Br)c2c(c1)CC(=O)C(C(C)C)O2. The van der Waals surface area contributed by atoms with Crippen molar-refractivity contribution in [1.82, 2.24) is 0 Å². The molecule has 0 bridgehead atoms. The average molecular weight is 299 g/mol. The molecule has 1 unspecified atom stereocenters. The second kappa shape index (κ2) is 4.69. The van der Waals surface area contributed by atoms with E-state index in [2.05, 4.69) is 15.9 Å². The van der Waals surface area contributed by atoms with Crippen molar-refractivity contribution in [3.63, 3.8) is 0 Å². The van der Waals surface area contributed by atoms with Gasteiger partial charge < -0.3 is 9.47 Å². The fourth-order valence-corrected chi connectivity index (χ4v) is 2.57. The van der Waals surface area contributed by atoms with Gasteiger partial charge in [-0.15, -0.1) is 0 Å². The molecule has 0 aromatic heterocycles. The van der Waals surface area contributed by atoms with Crippen molar-refractivity contribution < 1.29 is 14.3 Å². The smallest absolute Gasteiger partial charge is 0.178 e. The van der Waals surface area contributed by atoms with Crippen LogP contribution in [0.1, 0.15) is 19.4 Å². The van der Waals surface area contributed by atoms with Gasteiger partial charge in [-0.2, -0.15) is 0 Å². The molecule has 0 aliphatic carbocycles. The Kier molecular flexibility index (Phi) is 3.43. The minimum Gasteiger partial charge on any atom is -0.497 e. The maximum absolute atomic E-state index is 11.9. The number of benzene rings is 1. The number of halogens is 1. The zero-order valence-corrected chi connectivity index (χ0v) is 11.7. The van der Waals surface area contributed by atoms with Crippen molar-refractivity contribution in [3.05, 3.63) is 22.2 Å². The van der Waals surface area contributed by atoms with E-state index < -0.39 is 0 Å². The van der Waals surface area contributed by atoms with Gasteiger partial charge in [0.15, 0.2) is 11.9 Å². The highest BCUT2D eigenvalue weighted by molar-refractivity contribution is 9.10. The molecule has 1 heterocycles. The molecule has 0 saturated heterocycles. The van der Waals surface area contributed by atoms with Gasteiger partial charge in [0.2, 0.25) is 0 Å². The Labute approximate surface area is 109 Å². The standard InChI is InChI=1S/C13H15BrO3/c1-7(2)12-11(15)5-8-4-9(16-3)6-10(14)13(8)17-12/h4,6-7,12H,5H2,1-3H3. The Hall–Kier alpha value is -1.03. The molecule has 2 rings (SSSR count). The molecule has 0 spiro atoms. The number of fused-ring (bicyclic) bond motifs is 1. The molecular weight excluding hydrogens is 284 g/mol. The minimum absolute atomic E-state index is 0.132. The topological polar surface area (TPSA) is 35.5 Å².